The first-order valence-electron chi connectivity index (χ1n) is 9.58. The highest BCUT2D eigenvalue weighted by molar-refractivity contribution is 14.1. The molecule has 1 fully saturated rings. The molecule has 1 radical (unpaired) electrons. The molecule has 1 aromatic carbocycles. The van der Waals surface area contributed by atoms with Gasteiger partial charge in [0, 0.05) is 17.8 Å². The van der Waals surface area contributed by atoms with Gasteiger partial charge in [0.2, 0.25) is 5.78 Å². The van der Waals surface area contributed by atoms with Crippen molar-refractivity contribution in [2.45, 2.75) is 31.6 Å². The number of para-hydroxylation sites is 1. The Morgan fingerprint density at radius 3 is 2.97 bits per heavy atom. The number of nitrogens with zero attached hydrogens (tertiary/aromatic N) is 2. The van der Waals surface area contributed by atoms with E-state index in [4.69, 9.17) is 4.74 Å². The van der Waals surface area contributed by atoms with E-state index in [1.807, 2.05) is 35.7 Å². The van der Waals surface area contributed by atoms with Crippen molar-refractivity contribution in [1.29, 1.82) is 0 Å². The number of aliphatic hydroxyl groups is 1. The molecular weight excluding hydrogens is 513 g/mol. The van der Waals surface area contributed by atoms with Crippen LogP contribution in [0.15, 0.2) is 48.2 Å². The zero-order valence-electron chi connectivity index (χ0n) is 16.1. The molecule has 1 aliphatic carbocycles. The number of hydrogen-bond acceptors (Lipinski definition) is 7. The first kappa shape index (κ1) is 21.2. The normalized spacial score (nSPS) is 20.8. The first-order valence-corrected chi connectivity index (χ1v) is 11.5. The Morgan fingerprint density at radius 1 is 1.37 bits per heavy atom. The van der Waals surface area contributed by atoms with Crippen molar-refractivity contribution >= 4 is 45.5 Å². The quantitative estimate of drug-likeness (QED) is 0.347. The maximum absolute atomic E-state index is 13.1. The van der Waals surface area contributed by atoms with Crippen LogP contribution in [0, 0.1) is 16.4 Å². The van der Waals surface area contributed by atoms with Gasteiger partial charge in [-0.1, -0.05) is 12.1 Å². The number of halogens is 1. The zero-order chi connectivity index (χ0) is 21.1. The van der Waals surface area contributed by atoms with E-state index in [0.717, 1.165) is 21.3 Å². The Hall–Kier alpha value is -2.04. The lowest BCUT2D eigenvalue weighted by Gasteiger charge is -2.15. The molecule has 0 amide bonds. The molecule has 3 atom stereocenters. The minimum absolute atomic E-state index is 0.0176. The van der Waals surface area contributed by atoms with Crippen LogP contribution in [-0.2, 0) is 6.61 Å². The Balaban J connectivity index is 1.46. The summed E-state index contributed by atoms with van der Waals surface area (Å²) in [7, 11) is 0. The van der Waals surface area contributed by atoms with Crippen molar-refractivity contribution in [1.82, 2.24) is 9.97 Å². The fourth-order valence-electron chi connectivity index (χ4n) is 3.45. The van der Waals surface area contributed by atoms with Gasteiger partial charge in [-0.2, -0.15) is 0 Å². The summed E-state index contributed by atoms with van der Waals surface area (Å²) in [4.78, 5) is 22.0. The van der Waals surface area contributed by atoms with Crippen LogP contribution in [0.3, 0.4) is 0 Å². The molecular formula is C22H21IN3O3S. The number of anilines is 1. The molecule has 3 aromatic rings. The average molecular weight is 534 g/mol. The third kappa shape index (κ3) is 4.81. The molecule has 0 unspecified atom stereocenters. The minimum atomic E-state index is -0.434. The van der Waals surface area contributed by atoms with E-state index >= 15 is 0 Å². The van der Waals surface area contributed by atoms with Crippen molar-refractivity contribution in [2.75, 3.05) is 5.32 Å². The SMILES string of the molecule is [CH2][C@@H]1C[C@@H](Nc2ncncc2C(=O)c2cc(COc3ccccc3I)cs2)C[C@@H]1O. The van der Waals surface area contributed by atoms with Crippen LogP contribution in [0.2, 0.25) is 0 Å². The lowest BCUT2D eigenvalue weighted by molar-refractivity contribution is 0.104. The summed E-state index contributed by atoms with van der Waals surface area (Å²) in [5, 5.41) is 15.2. The zero-order valence-corrected chi connectivity index (χ0v) is 19.1. The number of ketones is 1. The lowest BCUT2D eigenvalue weighted by atomic mass is 10.1. The number of ether oxygens (including phenoxy) is 1. The van der Waals surface area contributed by atoms with E-state index < -0.39 is 6.10 Å². The second-order valence-electron chi connectivity index (χ2n) is 7.29. The first-order chi connectivity index (χ1) is 14.5. The summed E-state index contributed by atoms with van der Waals surface area (Å²) >= 11 is 3.62. The monoisotopic (exact) mass is 534 g/mol. The summed E-state index contributed by atoms with van der Waals surface area (Å²) in [5.74, 6) is 1.17. The van der Waals surface area contributed by atoms with Gasteiger partial charge in [-0.05, 0) is 71.9 Å². The molecule has 0 bridgehead atoms. The fraction of sp³-hybridized carbons (Fsp3) is 0.273. The van der Waals surface area contributed by atoms with Gasteiger partial charge >= 0.3 is 0 Å². The Bertz CT molecular complexity index is 1030. The molecule has 0 saturated heterocycles. The van der Waals surface area contributed by atoms with Crippen molar-refractivity contribution in [3.05, 3.63) is 74.7 Å². The standard InChI is InChI=1S/C22H21IN3O3S/c1-13-6-15(8-18(13)27)26-22-16(9-24-12-25-22)21(28)20-7-14(11-30-20)10-29-19-5-3-2-4-17(19)23/h2-5,7,9,11-13,15,18,27H,1,6,8,10H2,(H,24,25,26)/t13-,15-,18+/m1/s1. The Morgan fingerprint density at radius 2 is 2.20 bits per heavy atom. The highest BCUT2D eigenvalue weighted by atomic mass is 127. The van der Waals surface area contributed by atoms with E-state index in [2.05, 4.69) is 44.8 Å². The molecule has 0 spiro atoms. The molecule has 30 heavy (non-hydrogen) atoms. The molecule has 2 N–H and O–H groups in total. The molecule has 6 nitrogen and oxygen atoms in total. The van der Waals surface area contributed by atoms with Gasteiger partial charge in [0.05, 0.1) is 20.1 Å². The summed E-state index contributed by atoms with van der Waals surface area (Å²) in [6.45, 7) is 4.36. The predicted octanol–water partition coefficient (Wildman–Crippen LogP) is 4.34. The second-order valence-corrected chi connectivity index (χ2v) is 9.37. The van der Waals surface area contributed by atoms with Gasteiger partial charge in [-0.15, -0.1) is 11.3 Å². The summed E-state index contributed by atoms with van der Waals surface area (Å²) < 4.78 is 6.92. The third-order valence-corrected chi connectivity index (χ3v) is 6.93. The van der Waals surface area contributed by atoms with E-state index in [1.54, 1.807) is 0 Å². The number of aromatic nitrogens is 2. The number of nitrogens with one attached hydrogen (secondary N) is 1. The van der Waals surface area contributed by atoms with Gasteiger partial charge in [-0.25, -0.2) is 9.97 Å². The maximum atomic E-state index is 13.1. The van der Waals surface area contributed by atoms with Gasteiger partial charge in [-0.3, -0.25) is 4.79 Å². The highest BCUT2D eigenvalue weighted by Crippen LogP contribution is 2.29. The van der Waals surface area contributed by atoms with Crippen molar-refractivity contribution in [3.63, 3.8) is 0 Å². The molecule has 2 heterocycles. The number of aliphatic hydroxyl groups excluding tert-OH is 1. The number of thiophene rings is 1. The van der Waals surface area contributed by atoms with Gasteiger partial charge in [0.1, 0.15) is 24.5 Å². The van der Waals surface area contributed by atoms with Crippen molar-refractivity contribution in [2.24, 2.45) is 5.92 Å². The molecule has 4 rings (SSSR count). The Kier molecular flexibility index (Phi) is 6.64. The molecule has 1 aliphatic rings. The second kappa shape index (κ2) is 9.40. The number of carbonyl (C=O) groups excluding carboxylic acids is 1. The van der Waals surface area contributed by atoms with Crippen molar-refractivity contribution < 1.29 is 14.6 Å². The largest absolute Gasteiger partial charge is 0.488 e. The van der Waals surface area contributed by atoms with E-state index in [9.17, 15) is 9.90 Å². The van der Waals surface area contributed by atoms with Crippen molar-refractivity contribution in [3.8, 4) is 5.75 Å². The smallest absolute Gasteiger partial charge is 0.208 e. The molecule has 155 valence electrons. The number of carbonyl (C=O) groups is 1. The van der Waals surface area contributed by atoms with Gasteiger partial charge < -0.3 is 15.2 Å². The van der Waals surface area contributed by atoms with Gasteiger partial charge in [0.25, 0.3) is 0 Å². The van der Waals surface area contributed by atoms with Crippen LogP contribution in [-0.4, -0.2) is 33.0 Å². The summed E-state index contributed by atoms with van der Waals surface area (Å²) in [6.07, 6.45) is 3.84. The highest BCUT2D eigenvalue weighted by Gasteiger charge is 2.31. The molecule has 0 aliphatic heterocycles. The van der Waals surface area contributed by atoms with E-state index in [-0.39, 0.29) is 17.7 Å². The summed E-state index contributed by atoms with van der Waals surface area (Å²) in [6, 6.07) is 9.70. The topological polar surface area (TPSA) is 84.3 Å². The number of rotatable bonds is 7. The molecule has 8 heteroatoms. The number of hydrogen-bond donors (Lipinski definition) is 2. The van der Waals surface area contributed by atoms with E-state index in [1.165, 1.54) is 23.9 Å². The van der Waals surface area contributed by atoms with Crippen LogP contribution in [0.4, 0.5) is 5.82 Å². The molecule has 2 aromatic heterocycles. The Labute approximate surface area is 192 Å². The van der Waals surface area contributed by atoms with Crippen LogP contribution >= 0.6 is 33.9 Å². The van der Waals surface area contributed by atoms with Crippen LogP contribution in [0.25, 0.3) is 0 Å². The molecule has 1 saturated carbocycles. The number of benzene rings is 1. The lowest BCUT2D eigenvalue weighted by Crippen LogP contribution is -2.20. The summed E-state index contributed by atoms with van der Waals surface area (Å²) in [5.41, 5.74) is 1.36. The average Bonchev–Trinajstić information content (AvgIpc) is 3.34. The maximum Gasteiger partial charge on any atom is 0.208 e. The van der Waals surface area contributed by atoms with Crippen LogP contribution < -0.4 is 10.1 Å². The predicted molar refractivity (Wildman–Crippen MR) is 125 cm³/mol. The minimum Gasteiger partial charge on any atom is -0.488 e. The van der Waals surface area contributed by atoms with E-state index in [0.29, 0.717) is 29.3 Å². The third-order valence-electron chi connectivity index (χ3n) is 5.06. The fourth-order valence-corrected chi connectivity index (χ4v) is 4.84. The van der Waals surface area contributed by atoms with Gasteiger partial charge in [0.15, 0.2) is 0 Å². The van der Waals surface area contributed by atoms with Crippen LogP contribution in [0.5, 0.6) is 5.75 Å². The van der Waals surface area contributed by atoms with Crippen LogP contribution in [0.1, 0.15) is 33.6 Å².